The fourth-order valence-corrected chi connectivity index (χ4v) is 1.68. The third-order valence-electron chi connectivity index (χ3n) is 3.02. The van der Waals surface area contributed by atoms with Gasteiger partial charge in [0, 0.05) is 0 Å². The van der Waals surface area contributed by atoms with Gasteiger partial charge in [0.25, 0.3) is 5.91 Å². The zero-order valence-corrected chi connectivity index (χ0v) is 11.5. The Morgan fingerprint density at radius 1 is 1.20 bits per heavy atom. The summed E-state index contributed by atoms with van der Waals surface area (Å²) in [4.78, 5) is 11.7. The molecule has 0 saturated heterocycles. The number of aliphatic hydroxyl groups is 3. The molecule has 6 heteroatoms. The minimum Gasteiger partial charge on any atom is -0.483 e. The standard InChI is InChI=1S/C14H21NO5/c1-2-11-5-3-4-6-12(11)20-7-13(19)15-14(8-16,9-17)10-18/h3-6,16-18H,2,7-10H2,1H3,(H,15,19). The second-order valence-corrected chi connectivity index (χ2v) is 4.55. The van der Waals surface area contributed by atoms with Gasteiger partial charge >= 0.3 is 0 Å². The second kappa shape index (κ2) is 7.84. The molecule has 1 aromatic rings. The number of aliphatic hydroxyl groups excluding tert-OH is 3. The van der Waals surface area contributed by atoms with Gasteiger partial charge in [-0.15, -0.1) is 0 Å². The van der Waals surface area contributed by atoms with Crippen molar-refractivity contribution in [1.82, 2.24) is 5.32 Å². The van der Waals surface area contributed by atoms with E-state index in [2.05, 4.69) is 5.32 Å². The van der Waals surface area contributed by atoms with Crippen molar-refractivity contribution in [2.45, 2.75) is 18.9 Å². The number of carbonyl (C=O) groups is 1. The molecule has 0 bridgehead atoms. The van der Waals surface area contributed by atoms with Crippen molar-refractivity contribution in [3.8, 4) is 5.75 Å². The van der Waals surface area contributed by atoms with E-state index in [1.54, 1.807) is 6.07 Å². The quantitative estimate of drug-likeness (QED) is 0.513. The number of aryl methyl sites for hydroxylation is 1. The first-order chi connectivity index (χ1) is 9.60. The average Bonchev–Trinajstić information content (AvgIpc) is 2.51. The lowest BCUT2D eigenvalue weighted by molar-refractivity contribution is -0.127. The van der Waals surface area contributed by atoms with E-state index in [0.717, 1.165) is 12.0 Å². The van der Waals surface area contributed by atoms with Gasteiger partial charge in [-0.3, -0.25) is 4.79 Å². The van der Waals surface area contributed by atoms with Gasteiger partial charge in [0.05, 0.1) is 19.8 Å². The van der Waals surface area contributed by atoms with E-state index < -0.39 is 31.3 Å². The van der Waals surface area contributed by atoms with Crippen LogP contribution >= 0.6 is 0 Å². The summed E-state index contributed by atoms with van der Waals surface area (Å²) in [6, 6.07) is 7.38. The Morgan fingerprint density at radius 3 is 2.35 bits per heavy atom. The Kier molecular flexibility index (Phi) is 6.44. The number of amides is 1. The number of para-hydroxylation sites is 1. The van der Waals surface area contributed by atoms with Crippen molar-refractivity contribution in [2.24, 2.45) is 0 Å². The van der Waals surface area contributed by atoms with E-state index in [-0.39, 0.29) is 6.61 Å². The second-order valence-electron chi connectivity index (χ2n) is 4.55. The fourth-order valence-electron chi connectivity index (χ4n) is 1.68. The molecule has 0 heterocycles. The molecule has 0 unspecified atom stereocenters. The number of nitrogens with one attached hydrogen (secondary N) is 1. The van der Waals surface area contributed by atoms with E-state index in [9.17, 15) is 4.79 Å². The number of carbonyl (C=O) groups excluding carboxylic acids is 1. The molecule has 6 nitrogen and oxygen atoms in total. The van der Waals surface area contributed by atoms with Crippen LogP contribution in [0.1, 0.15) is 12.5 Å². The maximum Gasteiger partial charge on any atom is 0.258 e. The minimum absolute atomic E-state index is 0.251. The Bertz CT molecular complexity index is 423. The highest BCUT2D eigenvalue weighted by molar-refractivity contribution is 5.78. The van der Waals surface area contributed by atoms with Crippen LogP contribution in [0.25, 0.3) is 0 Å². The smallest absolute Gasteiger partial charge is 0.258 e. The van der Waals surface area contributed by atoms with Gasteiger partial charge < -0.3 is 25.4 Å². The van der Waals surface area contributed by atoms with Gasteiger partial charge in [0.1, 0.15) is 11.3 Å². The van der Waals surface area contributed by atoms with Crippen molar-refractivity contribution in [1.29, 1.82) is 0 Å². The largest absolute Gasteiger partial charge is 0.483 e. The molecule has 1 rings (SSSR count). The van der Waals surface area contributed by atoms with Gasteiger partial charge in [-0.05, 0) is 18.1 Å². The van der Waals surface area contributed by atoms with Gasteiger partial charge in [-0.1, -0.05) is 25.1 Å². The molecule has 20 heavy (non-hydrogen) atoms. The summed E-state index contributed by atoms with van der Waals surface area (Å²) in [5, 5.41) is 29.7. The molecular weight excluding hydrogens is 262 g/mol. The first-order valence-electron chi connectivity index (χ1n) is 6.45. The lowest BCUT2D eigenvalue weighted by Gasteiger charge is -2.28. The summed E-state index contributed by atoms with van der Waals surface area (Å²) in [5.74, 6) is 0.0980. The monoisotopic (exact) mass is 283 g/mol. The molecule has 4 N–H and O–H groups in total. The van der Waals surface area contributed by atoms with Crippen molar-refractivity contribution < 1.29 is 24.9 Å². The van der Waals surface area contributed by atoms with Crippen molar-refractivity contribution in [3.05, 3.63) is 29.8 Å². The van der Waals surface area contributed by atoms with E-state index in [1.165, 1.54) is 0 Å². The van der Waals surface area contributed by atoms with Crippen LogP contribution in [0.3, 0.4) is 0 Å². The highest BCUT2D eigenvalue weighted by atomic mass is 16.5. The molecule has 0 aromatic heterocycles. The summed E-state index contributed by atoms with van der Waals surface area (Å²) in [6.07, 6.45) is 0.783. The van der Waals surface area contributed by atoms with Crippen LogP contribution in [-0.4, -0.2) is 53.2 Å². The van der Waals surface area contributed by atoms with Crippen LogP contribution in [-0.2, 0) is 11.2 Å². The van der Waals surface area contributed by atoms with Gasteiger partial charge in [-0.2, -0.15) is 0 Å². The molecule has 112 valence electrons. The summed E-state index contributed by atoms with van der Waals surface area (Å²) in [7, 11) is 0. The van der Waals surface area contributed by atoms with E-state index >= 15 is 0 Å². The Morgan fingerprint density at radius 2 is 1.80 bits per heavy atom. The number of benzene rings is 1. The first-order valence-corrected chi connectivity index (χ1v) is 6.45. The topological polar surface area (TPSA) is 99.0 Å². The predicted octanol–water partition coefficient (Wildman–Crippen LogP) is -0.540. The predicted molar refractivity (Wildman–Crippen MR) is 73.4 cm³/mol. The zero-order valence-electron chi connectivity index (χ0n) is 11.5. The van der Waals surface area contributed by atoms with Gasteiger partial charge in [0.2, 0.25) is 0 Å². The summed E-state index contributed by atoms with van der Waals surface area (Å²) >= 11 is 0. The fraction of sp³-hybridized carbons (Fsp3) is 0.500. The van der Waals surface area contributed by atoms with Crippen LogP contribution < -0.4 is 10.1 Å². The van der Waals surface area contributed by atoms with Crippen LogP contribution in [0.5, 0.6) is 5.75 Å². The van der Waals surface area contributed by atoms with Crippen molar-refractivity contribution in [3.63, 3.8) is 0 Å². The Balaban J connectivity index is 2.59. The highest BCUT2D eigenvalue weighted by Crippen LogP contribution is 2.18. The molecule has 0 aliphatic rings. The molecule has 1 aromatic carbocycles. The molecule has 0 atom stereocenters. The lowest BCUT2D eigenvalue weighted by Crippen LogP contribution is -2.58. The third kappa shape index (κ3) is 4.19. The summed E-state index contributed by atoms with van der Waals surface area (Å²) in [5.41, 5.74) is -0.442. The van der Waals surface area contributed by atoms with Crippen LogP contribution in [0.2, 0.25) is 0 Å². The minimum atomic E-state index is -1.43. The van der Waals surface area contributed by atoms with Gasteiger partial charge in [-0.25, -0.2) is 0 Å². The van der Waals surface area contributed by atoms with Crippen LogP contribution in [0.15, 0.2) is 24.3 Å². The Hall–Kier alpha value is -1.63. The SMILES string of the molecule is CCc1ccccc1OCC(=O)NC(CO)(CO)CO. The molecule has 0 aliphatic carbocycles. The molecule has 0 saturated carbocycles. The zero-order chi connectivity index (χ0) is 15.0. The molecule has 1 amide bonds. The first kappa shape index (κ1) is 16.4. The third-order valence-corrected chi connectivity index (χ3v) is 3.02. The van der Waals surface area contributed by atoms with E-state index in [0.29, 0.717) is 5.75 Å². The van der Waals surface area contributed by atoms with Crippen LogP contribution in [0, 0.1) is 0 Å². The number of hydrogen-bond acceptors (Lipinski definition) is 5. The molecular formula is C14H21NO5. The molecule has 0 radical (unpaired) electrons. The van der Waals surface area contributed by atoms with Crippen LogP contribution in [0.4, 0.5) is 0 Å². The number of rotatable bonds is 8. The lowest BCUT2D eigenvalue weighted by atomic mass is 10.0. The number of hydrogen-bond donors (Lipinski definition) is 4. The molecule has 0 spiro atoms. The van der Waals surface area contributed by atoms with Gasteiger partial charge in [0.15, 0.2) is 6.61 Å². The van der Waals surface area contributed by atoms with E-state index in [4.69, 9.17) is 20.1 Å². The molecule has 0 fully saturated rings. The van der Waals surface area contributed by atoms with Crippen molar-refractivity contribution >= 4 is 5.91 Å². The van der Waals surface area contributed by atoms with E-state index in [1.807, 2.05) is 25.1 Å². The average molecular weight is 283 g/mol. The highest BCUT2D eigenvalue weighted by Gasteiger charge is 2.29. The Labute approximate surface area is 118 Å². The maximum absolute atomic E-state index is 11.7. The summed E-state index contributed by atoms with van der Waals surface area (Å²) in [6.45, 7) is 0.0567. The summed E-state index contributed by atoms with van der Waals surface area (Å²) < 4.78 is 5.41. The van der Waals surface area contributed by atoms with Crippen molar-refractivity contribution in [2.75, 3.05) is 26.4 Å². The maximum atomic E-state index is 11.7. The number of ether oxygens (including phenoxy) is 1. The normalized spacial score (nSPS) is 11.2. The molecule has 0 aliphatic heterocycles.